The number of carbonyl (C=O) groups excluding carboxylic acids is 1. The van der Waals surface area contributed by atoms with Crippen LogP contribution in [0.4, 0.5) is 5.69 Å². The van der Waals surface area contributed by atoms with Gasteiger partial charge in [0.25, 0.3) is 5.69 Å². The van der Waals surface area contributed by atoms with Crippen molar-refractivity contribution >= 4 is 11.6 Å². The van der Waals surface area contributed by atoms with Crippen molar-refractivity contribution in [1.29, 1.82) is 0 Å². The number of nitrogens with zero attached hydrogens (tertiary/aromatic N) is 2. The Balaban J connectivity index is 2.24. The first-order valence-corrected chi connectivity index (χ1v) is 7.23. The summed E-state index contributed by atoms with van der Waals surface area (Å²) in [7, 11) is 1.73. The SMILES string of the molecule is CCCCC1NC(c2ccc(C)c([N+](=O)[O-])c2)N(C)C1=O. The van der Waals surface area contributed by atoms with E-state index >= 15 is 0 Å². The Morgan fingerprint density at radius 1 is 1.43 bits per heavy atom. The molecule has 0 bridgehead atoms. The molecule has 6 heteroatoms. The summed E-state index contributed by atoms with van der Waals surface area (Å²) < 4.78 is 0. The minimum absolute atomic E-state index is 0.0525. The zero-order chi connectivity index (χ0) is 15.6. The van der Waals surface area contributed by atoms with E-state index in [0.29, 0.717) is 5.56 Å². The molecular formula is C15H21N3O3. The van der Waals surface area contributed by atoms with Gasteiger partial charge in [-0.25, -0.2) is 0 Å². The molecule has 6 nitrogen and oxygen atoms in total. The van der Waals surface area contributed by atoms with Crippen LogP contribution in [0.5, 0.6) is 0 Å². The van der Waals surface area contributed by atoms with Crippen LogP contribution in [0.15, 0.2) is 18.2 Å². The lowest BCUT2D eigenvalue weighted by molar-refractivity contribution is -0.385. The number of aryl methyl sites for hydroxylation is 1. The van der Waals surface area contributed by atoms with Gasteiger partial charge in [-0.3, -0.25) is 20.2 Å². The van der Waals surface area contributed by atoms with Crippen molar-refractivity contribution in [2.24, 2.45) is 0 Å². The summed E-state index contributed by atoms with van der Waals surface area (Å²) in [5.41, 5.74) is 1.47. The van der Waals surface area contributed by atoms with E-state index in [1.54, 1.807) is 31.0 Å². The molecule has 0 aliphatic carbocycles. The van der Waals surface area contributed by atoms with Crippen LogP contribution in [0.2, 0.25) is 0 Å². The fourth-order valence-electron chi connectivity index (χ4n) is 2.67. The van der Waals surface area contributed by atoms with E-state index in [1.807, 2.05) is 6.07 Å². The lowest BCUT2D eigenvalue weighted by Gasteiger charge is -2.19. The summed E-state index contributed by atoms with van der Waals surface area (Å²) in [6.07, 6.45) is 2.52. The molecule has 2 atom stereocenters. The van der Waals surface area contributed by atoms with Crippen molar-refractivity contribution in [3.8, 4) is 0 Å². The molecular weight excluding hydrogens is 270 g/mol. The summed E-state index contributed by atoms with van der Waals surface area (Å²) in [5, 5.41) is 14.3. The zero-order valence-corrected chi connectivity index (χ0v) is 12.6. The molecule has 1 aromatic rings. The number of nitro groups is 1. The van der Waals surface area contributed by atoms with Crippen LogP contribution in [-0.4, -0.2) is 28.8 Å². The maximum atomic E-state index is 12.2. The number of hydrogen-bond acceptors (Lipinski definition) is 4. The highest BCUT2D eigenvalue weighted by Gasteiger charge is 2.37. The van der Waals surface area contributed by atoms with Crippen molar-refractivity contribution in [2.75, 3.05) is 7.05 Å². The smallest absolute Gasteiger partial charge is 0.272 e. The Kier molecular flexibility index (Phi) is 4.57. The Labute approximate surface area is 124 Å². The zero-order valence-electron chi connectivity index (χ0n) is 12.6. The number of likely N-dealkylation sites (N-methyl/N-ethyl adjacent to an activating group) is 1. The number of benzene rings is 1. The van der Waals surface area contributed by atoms with Crippen LogP contribution in [-0.2, 0) is 4.79 Å². The standard InChI is InChI=1S/C15H21N3O3/c1-4-5-6-12-15(19)17(3)14(16-12)11-8-7-10(2)13(9-11)18(20)21/h7-9,12,14,16H,4-6H2,1-3H3. The van der Waals surface area contributed by atoms with Crippen LogP contribution < -0.4 is 5.32 Å². The van der Waals surface area contributed by atoms with Gasteiger partial charge in [-0.15, -0.1) is 0 Å². The molecule has 114 valence electrons. The quantitative estimate of drug-likeness (QED) is 0.668. The van der Waals surface area contributed by atoms with Crippen LogP contribution in [0.25, 0.3) is 0 Å². The van der Waals surface area contributed by atoms with Gasteiger partial charge in [-0.2, -0.15) is 0 Å². The number of nitro benzene ring substituents is 1. The van der Waals surface area contributed by atoms with Gasteiger partial charge in [-0.05, 0) is 18.9 Å². The van der Waals surface area contributed by atoms with Gasteiger partial charge in [0.1, 0.15) is 6.17 Å². The minimum Gasteiger partial charge on any atom is -0.325 e. The normalized spacial score (nSPS) is 21.9. The second-order valence-corrected chi connectivity index (χ2v) is 5.52. The van der Waals surface area contributed by atoms with Crippen molar-refractivity contribution in [3.05, 3.63) is 39.4 Å². The van der Waals surface area contributed by atoms with E-state index in [4.69, 9.17) is 0 Å². The first-order valence-electron chi connectivity index (χ1n) is 7.23. The predicted octanol–water partition coefficient (Wildman–Crippen LogP) is 2.52. The molecule has 2 rings (SSSR count). The number of unbranched alkanes of at least 4 members (excludes halogenated alkanes) is 1. The van der Waals surface area contributed by atoms with Gasteiger partial charge in [0.2, 0.25) is 5.91 Å². The monoisotopic (exact) mass is 291 g/mol. The average Bonchev–Trinajstić information content (AvgIpc) is 2.73. The molecule has 1 aromatic carbocycles. The summed E-state index contributed by atoms with van der Waals surface area (Å²) in [4.78, 5) is 24.5. The van der Waals surface area contributed by atoms with E-state index < -0.39 is 0 Å². The largest absolute Gasteiger partial charge is 0.325 e. The molecule has 2 unspecified atom stereocenters. The molecule has 1 heterocycles. The van der Waals surface area contributed by atoms with Gasteiger partial charge < -0.3 is 4.90 Å². The van der Waals surface area contributed by atoms with Crippen molar-refractivity contribution < 1.29 is 9.72 Å². The predicted molar refractivity (Wildman–Crippen MR) is 79.8 cm³/mol. The molecule has 21 heavy (non-hydrogen) atoms. The Hall–Kier alpha value is -1.95. The van der Waals surface area contributed by atoms with Crippen LogP contribution in [0.1, 0.15) is 43.5 Å². The third-order valence-corrected chi connectivity index (χ3v) is 3.98. The van der Waals surface area contributed by atoms with Crippen LogP contribution in [0.3, 0.4) is 0 Å². The highest BCUT2D eigenvalue weighted by atomic mass is 16.6. The van der Waals surface area contributed by atoms with Crippen LogP contribution >= 0.6 is 0 Å². The molecule has 1 aliphatic heterocycles. The number of carbonyl (C=O) groups is 1. The molecule has 1 aliphatic rings. The summed E-state index contributed by atoms with van der Waals surface area (Å²) in [6, 6.07) is 4.93. The van der Waals surface area contributed by atoms with Gasteiger partial charge in [0, 0.05) is 18.7 Å². The highest BCUT2D eigenvalue weighted by Crippen LogP contribution is 2.29. The summed E-state index contributed by atoms with van der Waals surface area (Å²) in [5.74, 6) is 0.0525. The average molecular weight is 291 g/mol. The van der Waals surface area contributed by atoms with Gasteiger partial charge in [0.15, 0.2) is 0 Å². The van der Waals surface area contributed by atoms with Gasteiger partial charge in [0.05, 0.1) is 11.0 Å². The second-order valence-electron chi connectivity index (χ2n) is 5.52. The lowest BCUT2D eigenvalue weighted by Crippen LogP contribution is -2.28. The highest BCUT2D eigenvalue weighted by molar-refractivity contribution is 5.84. The molecule has 0 spiro atoms. The topological polar surface area (TPSA) is 75.5 Å². The van der Waals surface area contributed by atoms with E-state index in [1.165, 1.54) is 0 Å². The fourth-order valence-corrected chi connectivity index (χ4v) is 2.67. The van der Waals surface area contributed by atoms with E-state index in [9.17, 15) is 14.9 Å². The Bertz CT molecular complexity index is 559. The van der Waals surface area contributed by atoms with E-state index in [0.717, 1.165) is 24.8 Å². The number of rotatable bonds is 5. The first kappa shape index (κ1) is 15.4. The molecule has 0 saturated carbocycles. The van der Waals surface area contributed by atoms with E-state index in [-0.39, 0.29) is 28.7 Å². The van der Waals surface area contributed by atoms with Gasteiger partial charge >= 0.3 is 0 Å². The maximum Gasteiger partial charge on any atom is 0.272 e. The third kappa shape index (κ3) is 3.05. The molecule has 1 N–H and O–H groups in total. The van der Waals surface area contributed by atoms with Crippen molar-refractivity contribution in [1.82, 2.24) is 10.2 Å². The number of nitrogens with one attached hydrogen (secondary N) is 1. The summed E-state index contributed by atoms with van der Waals surface area (Å²) >= 11 is 0. The summed E-state index contributed by atoms with van der Waals surface area (Å²) in [6.45, 7) is 3.80. The van der Waals surface area contributed by atoms with Crippen LogP contribution in [0, 0.1) is 17.0 Å². The third-order valence-electron chi connectivity index (χ3n) is 3.98. The van der Waals surface area contributed by atoms with Crippen molar-refractivity contribution in [3.63, 3.8) is 0 Å². The van der Waals surface area contributed by atoms with E-state index in [2.05, 4.69) is 12.2 Å². The minimum atomic E-state index is -0.385. The molecule has 1 fully saturated rings. The van der Waals surface area contributed by atoms with Crippen molar-refractivity contribution in [2.45, 2.75) is 45.3 Å². The molecule has 1 saturated heterocycles. The maximum absolute atomic E-state index is 12.2. The first-order chi connectivity index (χ1) is 9.95. The fraction of sp³-hybridized carbons (Fsp3) is 0.533. The van der Waals surface area contributed by atoms with Gasteiger partial charge in [-0.1, -0.05) is 31.9 Å². The lowest BCUT2D eigenvalue weighted by atomic mass is 10.1. The Morgan fingerprint density at radius 3 is 2.76 bits per heavy atom. The number of hydrogen-bond donors (Lipinski definition) is 1. The number of amides is 1. The second kappa shape index (κ2) is 6.22. The molecule has 1 amide bonds. The molecule has 0 radical (unpaired) electrons. The molecule has 0 aromatic heterocycles. The Morgan fingerprint density at radius 2 is 2.14 bits per heavy atom.